The van der Waals surface area contributed by atoms with Gasteiger partial charge in [0.1, 0.15) is 144 Å². The molecule has 0 atom stereocenters. The van der Waals surface area contributed by atoms with Crippen molar-refractivity contribution in [3.63, 3.8) is 0 Å². The van der Waals surface area contributed by atoms with Gasteiger partial charge in [0.05, 0.1) is 50.1 Å². The number of aromatic hydroxyl groups is 12. The van der Waals surface area contributed by atoms with E-state index >= 15 is 0 Å². The van der Waals surface area contributed by atoms with Gasteiger partial charge in [-0.1, -0.05) is 0 Å². The van der Waals surface area contributed by atoms with Crippen LogP contribution in [-0.2, 0) is 0 Å². The normalized spacial score (nSPS) is 10.7. The van der Waals surface area contributed by atoms with Gasteiger partial charge in [0.2, 0.25) is 13.6 Å². The molecule has 0 amide bonds. The minimum absolute atomic E-state index is 0.0550. The van der Waals surface area contributed by atoms with E-state index in [-0.39, 0.29) is 90.9 Å². The number of benzene rings is 12. The zero-order valence-corrected chi connectivity index (χ0v) is 61.0. The third kappa shape index (κ3) is 22.1. The number of hydrogen-bond donors (Lipinski definition) is 12. The summed E-state index contributed by atoms with van der Waals surface area (Å²) in [7, 11) is 0. The molecule has 12 aromatic rings. The van der Waals surface area contributed by atoms with Crippen molar-refractivity contribution in [3.8, 4) is 144 Å². The van der Waals surface area contributed by atoms with Gasteiger partial charge in [-0.3, -0.25) is 0 Å². The number of carbonyl (C=O) groups is 9. The summed E-state index contributed by atoms with van der Waals surface area (Å²) in [5, 5.41) is 121. The van der Waals surface area contributed by atoms with Gasteiger partial charge in [-0.2, -0.15) is 0 Å². The van der Waals surface area contributed by atoms with Crippen LogP contribution in [0.5, 0.6) is 144 Å². The Hall–Kier alpha value is -17.3. The molecule has 0 unspecified atom stereocenters. The lowest BCUT2D eigenvalue weighted by molar-refractivity contribution is 0.0696. The number of esters is 9. The maximum Gasteiger partial charge on any atom is 0.343 e. The molecule has 602 valence electrons. The molecule has 0 aromatic heterocycles. The highest BCUT2D eigenvalue weighted by Gasteiger charge is 2.26. The number of phenolic OH excluding ortho intramolecular Hbond substituents is 12. The molecule has 12 N–H and O–H groups in total. The Morgan fingerprint density at radius 1 is 0.168 bits per heavy atom. The van der Waals surface area contributed by atoms with E-state index in [0.717, 1.165) is 188 Å². The first-order valence-corrected chi connectivity index (χ1v) is 34.2. The Labute approximate surface area is 667 Å². The molecule has 0 bridgehead atoms. The molecule has 0 saturated carbocycles. The van der Waals surface area contributed by atoms with Gasteiger partial charge < -0.3 is 123 Å². The molecular weight excluding hydrogens is 1560 g/mol. The molecule has 12 rings (SSSR count). The fourth-order valence-corrected chi connectivity index (χ4v) is 11.0. The zero-order chi connectivity index (χ0) is 85.0. The summed E-state index contributed by atoms with van der Waals surface area (Å²) in [6.45, 7) is 1.75. The number of carbonyl (C=O) groups excluding carboxylic acids is 9. The van der Waals surface area contributed by atoms with Crippen LogP contribution in [0.25, 0.3) is 0 Å². The van der Waals surface area contributed by atoms with E-state index in [1.165, 1.54) is 44.2 Å². The van der Waals surface area contributed by atoms with Crippen molar-refractivity contribution in [2.45, 2.75) is 13.8 Å². The highest BCUT2D eigenvalue weighted by Crippen LogP contribution is 2.37. The van der Waals surface area contributed by atoms with E-state index in [1.54, 1.807) is 0 Å². The second kappa shape index (κ2) is 35.2. The summed E-state index contributed by atoms with van der Waals surface area (Å²) in [6.07, 6.45) is 0. The van der Waals surface area contributed by atoms with Crippen molar-refractivity contribution < 1.29 is 166 Å². The van der Waals surface area contributed by atoms with Crippen LogP contribution in [0.3, 0.4) is 0 Å². The lowest BCUT2D eigenvalue weighted by atomic mass is 10.1. The van der Waals surface area contributed by atoms with Crippen molar-refractivity contribution >= 4 is 53.7 Å². The van der Waals surface area contributed by atoms with Crippen LogP contribution in [0.4, 0.5) is 0 Å². The Bertz CT molecular complexity index is 5720. The first kappa shape index (κ1) is 81.2. The van der Waals surface area contributed by atoms with Crippen LogP contribution in [0.15, 0.2) is 218 Å². The van der Waals surface area contributed by atoms with Crippen LogP contribution in [-0.4, -0.2) is 129 Å². The molecule has 0 radical (unpaired) electrons. The zero-order valence-electron chi connectivity index (χ0n) is 61.0. The summed E-state index contributed by atoms with van der Waals surface area (Å²) in [4.78, 5) is 125. The van der Waals surface area contributed by atoms with E-state index in [2.05, 4.69) is 0 Å². The van der Waals surface area contributed by atoms with Gasteiger partial charge >= 0.3 is 53.7 Å². The molecule has 0 aliphatic rings. The van der Waals surface area contributed by atoms with Gasteiger partial charge in [-0.25, -0.2) is 43.2 Å². The van der Waals surface area contributed by atoms with Gasteiger partial charge in [0, 0.05) is 103 Å². The fourth-order valence-electron chi connectivity index (χ4n) is 11.0. The Kier molecular flexibility index (Phi) is 24.0. The second-order valence-electron chi connectivity index (χ2n) is 25.4. The van der Waals surface area contributed by atoms with Gasteiger partial charge in [-0.15, -0.1) is 0 Å². The largest absolute Gasteiger partial charge is 0.508 e. The molecule has 0 saturated heterocycles. The monoisotopic (exact) mass is 1620 g/mol. The van der Waals surface area contributed by atoms with Crippen molar-refractivity contribution in [2.75, 3.05) is 13.6 Å². The number of aryl methyl sites for hydroxylation is 2. The lowest BCUT2D eigenvalue weighted by Crippen LogP contribution is -2.15. The number of ether oxygens (including phenoxy) is 13. The summed E-state index contributed by atoms with van der Waals surface area (Å²) >= 11 is 0. The third-order valence-electron chi connectivity index (χ3n) is 15.9. The number of hydrogen-bond acceptors (Lipinski definition) is 34. The van der Waals surface area contributed by atoms with Crippen molar-refractivity contribution in [1.29, 1.82) is 0 Å². The smallest absolute Gasteiger partial charge is 0.343 e. The Balaban J connectivity index is 0.831. The van der Waals surface area contributed by atoms with E-state index in [1.807, 2.05) is 0 Å². The highest BCUT2D eigenvalue weighted by molar-refractivity contribution is 6.00. The topological polar surface area (TPSA) is 516 Å². The third-order valence-corrected chi connectivity index (χ3v) is 15.9. The van der Waals surface area contributed by atoms with E-state index in [9.17, 15) is 104 Å². The van der Waals surface area contributed by atoms with Crippen LogP contribution < -0.4 is 61.6 Å². The molecule has 34 nitrogen and oxygen atoms in total. The standard InChI is InChI=1S/C85H58O34/c1-41-3-43(77(98)111-68-5-42(2)6-69(33-68)112-84(105)50-18-70(113-79(100)45-8-52(86)22-53(87)9-45)34-71(19-50)114-80(101)46-10-54(88)23-55(89)11-46)7-44(4-41)78(99)117-74-36-75(118-83(104)49-16-64(107-39-109-66-28-60(94)26-61(95)29-66)32-65(17-49)108-40-110-67-30-62(96)27-63(97)31-67)38-76(37-74)119-85(106)51-20-72(115-81(102)47-12-56(90)24-57(91)13-47)35-73(21-51)116-82(103)48-14-58(92)25-59(93)15-48/h3-38,86-97H,39-40H2,1-2H3. The fraction of sp³-hybridized carbons (Fsp3) is 0.0471. The SMILES string of the molecule is Cc1cc(OC(=O)c2cc(OC(=O)c3cc(O)cc(O)c3)cc(OC(=O)c3cc(O)cc(O)c3)c2)cc(OC(=O)c2cc(C)cc(C(=O)Oc3cc(OC(=O)c4cc(OCOc5cc(O)cc(O)c5)cc(OCOc5cc(O)cc(O)c5)c4)cc(OC(=O)c4cc(OC(=O)c5cc(O)cc(O)c5)cc(OC(=O)c5cc(O)cc(O)c5)c4)c3)c2)c1. The molecule has 0 aliphatic carbocycles. The minimum atomic E-state index is -1.38. The predicted molar refractivity (Wildman–Crippen MR) is 404 cm³/mol. The quantitative estimate of drug-likeness (QED) is 0.0136. The molecule has 0 fully saturated rings. The second-order valence-corrected chi connectivity index (χ2v) is 25.4. The van der Waals surface area contributed by atoms with Crippen LogP contribution >= 0.6 is 0 Å². The first-order valence-electron chi connectivity index (χ1n) is 34.2. The maximum absolute atomic E-state index is 14.5. The molecule has 0 aliphatic heterocycles. The summed E-state index contributed by atoms with van der Waals surface area (Å²) in [5.41, 5.74) is -2.94. The summed E-state index contributed by atoms with van der Waals surface area (Å²) < 4.78 is 73.3. The molecule has 12 aromatic carbocycles. The van der Waals surface area contributed by atoms with E-state index < -0.39 is 176 Å². The average Bonchev–Trinajstić information content (AvgIpc) is 0.819. The summed E-state index contributed by atoms with van der Waals surface area (Å²) in [5.74, 6) is -21.3. The molecule has 119 heavy (non-hydrogen) atoms. The molecular formula is C85H58O34. The van der Waals surface area contributed by atoms with E-state index in [4.69, 9.17) is 61.6 Å². The van der Waals surface area contributed by atoms with Crippen molar-refractivity contribution in [3.05, 3.63) is 280 Å². The van der Waals surface area contributed by atoms with Gasteiger partial charge in [0.25, 0.3) is 0 Å². The molecule has 0 spiro atoms. The van der Waals surface area contributed by atoms with Gasteiger partial charge in [0.15, 0.2) is 0 Å². The minimum Gasteiger partial charge on any atom is -0.508 e. The summed E-state index contributed by atoms with van der Waals surface area (Å²) in [6, 6.07) is 37.6. The van der Waals surface area contributed by atoms with Crippen molar-refractivity contribution in [1.82, 2.24) is 0 Å². The van der Waals surface area contributed by atoms with Crippen LogP contribution in [0.2, 0.25) is 0 Å². The lowest BCUT2D eigenvalue weighted by Gasteiger charge is -2.15. The van der Waals surface area contributed by atoms with Gasteiger partial charge in [-0.05, 0) is 140 Å². The average molecular weight is 1620 g/mol. The highest BCUT2D eigenvalue weighted by atomic mass is 16.7. The first-order chi connectivity index (χ1) is 56.7. The van der Waals surface area contributed by atoms with E-state index in [0.29, 0.717) is 5.56 Å². The number of rotatable bonds is 26. The molecule has 0 heterocycles. The Morgan fingerprint density at radius 2 is 0.311 bits per heavy atom. The maximum atomic E-state index is 14.5. The predicted octanol–water partition coefficient (Wildman–Crippen LogP) is 12.6. The Morgan fingerprint density at radius 3 is 0.529 bits per heavy atom. The van der Waals surface area contributed by atoms with Crippen LogP contribution in [0, 0.1) is 13.8 Å². The van der Waals surface area contributed by atoms with Crippen LogP contribution in [0.1, 0.15) is 104 Å². The molecule has 34 heteroatoms. The van der Waals surface area contributed by atoms with Crippen molar-refractivity contribution in [2.24, 2.45) is 0 Å². The number of phenols is 12.